The summed E-state index contributed by atoms with van der Waals surface area (Å²) >= 11 is 3.19. The van der Waals surface area contributed by atoms with Gasteiger partial charge in [-0.2, -0.15) is 13.2 Å². The first-order valence-corrected chi connectivity index (χ1v) is 8.75. The minimum absolute atomic E-state index is 0.0618. The van der Waals surface area contributed by atoms with Crippen LogP contribution in [0.1, 0.15) is 37.2 Å². The van der Waals surface area contributed by atoms with Gasteiger partial charge in [0.15, 0.2) is 0 Å². The average Bonchev–Trinajstić information content (AvgIpc) is 2.75. The molecule has 0 amide bonds. The van der Waals surface area contributed by atoms with Gasteiger partial charge >= 0.3 is 6.18 Å². The third-order valence-corrected chi connectivity index (χ3v) is 4.63. The van der Waals surface area contributed by atoms with Gasteiger partial charge in [0.1, 0.15) is 11.6 Å². The minimum Gasteiger partial charge on any atom is -0.493 e. The molecule has 1 aliphatic rings. The van der Waals surface area contributed by atoms with Gasteiger partial charge in [-0.1, -0.05) is 15.9 Å². The number of benzene rings is 1. The highest BCUT2D eigenvalue weighted by Gasteiger charge is 2.43. The van der Waals surface area contributed by atoms with Gasteiger partial charge in [0.2, 0.25) is 0 Å². The zero-order chi connectivity index (χ0) is 17.7. The zero-order valence-electron chi connectivity index (χ0n) is 13.3. The molecule has 0 aliphatic heterocycles. The van der Waals surface area contributed by atoms with Gasteiger partial charge in [-0.05, 0) is 32.8 Å². The summed E-state index contributed by atoms with van der Waals surface area (Å²) in [5.74, 6) is 0.660. The first-order chi connectivity index (χ1) is 11.1. The van der Waals surface area contributed by atoms with Crippen LogP contribution in [-0.2, 0) is 6.18 Å². The van der Waals surface area contributed by atoms with Crippen molar-refractivity contribution in [1.29, 1.82) is 0 Å². The van der Waals surface area contributed by atoms with E-state index in [-0.39, 0.29) is 29.4 Å². The SMILES string of the molecule is Cc1nc2cc(OCCBr)cc(C(F)(F)F)c2n1[C@H]1C[C@@](C)(O)C1. The van der Waals surface area contributed by atoms with Gasteiger partial charge in [-0.3, -0.25) is 0 Å². The second kappa shape index (κ2) is 5.91. The number of halogens is 4. The Balaban J connectivity index is 2.15. The number of imidazole rings is 1. The van der Waals surface area contributed by atoms with Crippen LogP contribution >= 0.6 is 15.9 Å². The molecular weight excluding hydrogens is 389 g/mol. The standard InChI is InChI=1S/C16H18BrF3N2O2/c1-9-21-13-6-11(24-4-3-17)5-12(16(18,19)20)14(13)22(9)10-7-15(2,23)8-10/h5-6,10,23H,3-4,7-8H2,1-2H3/t10-,15+. The number of alkyl halides is 4. The maximum Gasteiger partial charge on any atom is 0.418 e. The predicted octanol–water partition coefficient (Wildman–Crippen LogP) is 4.22. The highest BCUT2D eigenvalue weighted by atomic mass is 79.9. The van der Waals surface area contributed by atoms with Crippen LogP contribution in [0.5, 0.6) is 5.75 Å². The summed E-state index contributed by atoms with van der Waals surface area (Å²) in [6.07, 6.45) is -3.68. The molecular formula is C16H18BrF3N2O2. The molecule has 0 saturated heterocycles. The summed E-state index contributed by atoms with van der Waals surface area (Å²) < 4.78 is 47.7. The van der Waals surface area contributed by atoms with Gasteiger partial charge in [-0.15, -0.1) is 0 Å². The molecule has 1 aliphatic carbocycles. The van der Waals surface area contributed by atoms with E-state index in [1.807, 2.05) is 0 Å². The highest BCUT2D eigenvalue weighted by molar-refractivity contribution is 9.09. The number of rotatable bonds is 4. The number of ether oxygens (including phenoxy) is 1. The van der Waals surface area contributed by atoms with Crippen LogP contribution in [0.25, 0.3) is 11.0 Å². The van der Waals surface area contributed by atoms with Crippen molar-refractivity contribution in [1.82, 2.24) is 9.55 Å². The van der Waals surface area contributed by atoms with Crippen LogP contribution < -0.4 is 4.74 Å². The fraction of sp³-hybridized carbons (Fsp3) is 0.562. The van der Waals surface area contributed by atoms with Crippen molar-refractivity contribution in [2.45, 2.75) is 44.5 Å². The summed E-state index contributed by atoms with van der Waals surface area (Å²) in [6, 6.07) is 2.38. The summed E-state index contributed by atoms with van der Waals surface area (Å²) in [7, 11) is 0. The third-order valence-electron chi connectivity index (χ3n) is 4.30. The topological polar surface area (TPSA) is 47.3 Å². The van der Waals surface area contributed by atoms with Crippen molar-refractivity contribution in [2.24, 2.45) is 0 Å². The van der Waals surface area contributed by atoms with E-state index in [2.05, 4.69) is 20.9 Å². The Kier molecular flexibility index (Phi) is 4.32. The van der Waals surface area contributed by atoms with Crippen molar-refractivity contribution in [3.63, 3.8) is 0 Å². The van der Waals surface area contributed by atoms with E-state index >= 15 is 0 Å². The van der Waals surface area contributed by atoms with E-state index < -0.39 is 17.3 Å². The lowest BCUT2D eigenvalue weighted by Gasteiger charge is -2.42. The molecule has 1 heterocycles. The second-order valence-corrected chi connectivity index (χ2v) is 7.25. The van der Waals surface area contributed by atoms with Crippen LogP contribution in [-0.4, -0.2) is 32.2 Å². The first-order valence-electron chi connectivity index (χ1n) is 7.63. The number of fused-ring (bicyclic) bond motifs is 1. The maximum atomic E-state index is 13.6. The first kappa shape index (κ1) is 17.5. The quantitative estimate of drug-likeness (QED) is 0.773. The lowest BCUT2D eigenvalue weighted by molar-refractivity contribution is -0.136. The van der Waals surface area contributed by atoms with Crippen molar-refractivity contribution < 1.29 is 23.0 Å². The monoisotopic (exact) mass is 406 g/mol. The molecule has 1 N–H and O–H groups in total. The Labute approximate surface area is 145 Å². The second-order valence-electron chi connectivity index (χ2n) is 6.46. The summed E-state index contributed by atoms with van der Waals surface area (Å²) in [5, 5.41) is 10.5. The lowest BCUT2D eigenvalue weighted by atomic mass is 9.77. The molecule has 2 aromatic rings. The number of aromatic nitrogens is 2. The Morgan fingerprint density at radius 2 is 2.08 bits per heavy atom. The summed E-state index contributed by atoms with van der Waals surface area (Å²) in [5.41, 5.74) is -1.26. The van der Waals surface area contributed by atoms with Crippen LogP contribution in [0.4, 0.5) is 13.2 Å². The lowest BCUT2D eigenvalue weighted by Crippen LogP contribution is -2.42. The molecule has 0 atom stereocenters. The van der Waals surface area contributed by atoms with Crippen molar-refractivity contribution in [2.75, 3.05) is 11.9 Å². The maximum absolute atomic E-state index is 13.6. The number of hydrogen-bond acceptors (Lipinski definition) is 3. The number of aryl methyl sites for hydroxylation is 1. The molecule has 0 spiro atoms. The smallest absolute Gasteiger partial charge is 0.418 e. The van der Waals surface area contributed by atoms with E-state index in [1.165, 1.54) is 6.07 Å². The van der Waals surface area contributed by atoms with E-state index in [1.54, 1.807) is 18.4 Å². The van der Waals surface area contributed by atoms with Crippen molar-refractivity contribution in [3.8, 4) is 5.75 Å². The predicted molar refractivity (Wildman–Crippen MR) is 87.7 cm³/mol. The normalized spacial score (nSPS) is 24.2. The highest BCUT2D eigenvalue weighted by Crippen LogP contribution is 2.46. The molecule has 4 nitrogen and oxygen atoms in total. The van der Waals surface area contributed by atoms with Crippen molar-refractivity contribution in [3.05, 3.63) is 23.5 Å². The molecule has 1 fully saturated rings. The summed E-state index contributed by atoms with van der Waals surface area (Å²) in [4.78, 5) is 4.30. The molecule has 1 aromatic heterocycles. The molecule has 1 saturated carbocycles. The van der Waals surface area contributed by atoms with Gasteiger partial charge in [0, 0.05) is 17.4 Å². The summed E-state index contributed by atoms with van der Waals surface area (Å²) in [6.45, 7) is 3.65. The van der Waals surface area contributed by atoms with E-state index in [0.717, 1.165) is 6.07 Å². The molecule has 0 unspecified atom stereocenters. The number of hydrogen-bond donors (Lipinski definition) is 1. The Bertz CT molecular complexity index is 763. The third kappa shape index (κ3) is 3.13. The Morgan fingerprint density at radius 3 is 2.62 bits per heavy atom. The van der Waals surface area contributed by atoms with Gasteiger partial charge in [0.25, 0.3) is 0 Å². The van der Waals surface area contributed by atoms with Gasteiger partial charge in [-0.25, -0.2) is 4.98 Å². The molecule has 24 heavy (non-hydrogen) atoms. The average molecular weight is 407 g/mol. The van der Waals surface area contributed by atoms with E-state index in [9.17, 15) is 18.3 Å². The number of aliphatic hydroxyl groups is 1. The fourth-order valence-electron chi connectivity index (χ4n) is 3.36. The number of nitrogens with zero attached hydrogens (tertiary/aromatic N) is 2. The minimum atomic E-state index is -4.51. The van der Waals surface area contributed by atoms with Crippen molar-refractivity contribution >= 4 is 27.0 Å². The van der Waals surface area contributed by atoms with Crippen LogP contribution in [0.15, 0.2) is 12.1 Å². The van der Waals surface area contributed by atoms with Crippen LogP contribution in [0.2, 0.25) is 0 Å². The Hall–Kier alpha value is -1.28. The largest absolute Gasteiger partial charge is 0.493 e. The van der Waals surface area contributed by atoms with E-state index in [4.69, 9.17) is 4.74 Å². The molecule has 0 radical (unpaired) electrons. The molecule has 8 heteroatoms. The van der Waals surface area contributed by atoms with Gasteiger partial charge < -0.3 is 14.4 Å². The molecule has 3 rings (SSSR count). The van der Waals surface area contributed by atoms with Crippen LogP contribution in [0.3, 0.4) is 0 Å². The zero-order valence-corrected chi connectivity index (χ0v) is 14.9. The van der Waals surface area contributed by atoms with Gasteiger partial charge in [0.05, 0.1) is 28.8 Å². The molecule has 1 aromatic carbocycles. The fourth-order valence-corrected chi connectivity index (χ4v) is 3.52. The van der Waals surface area contributed by atoms with Crippen LogP contribution in [0, 0.1) is 6.92 Å². The molecule has 0 bridgehead atoms. The molecule has 132 valence electrons. The van der Waals surface area contributed by atoms with E-state index in [0.29, 0.717) is 24.0 Å². The Morgan fingerprint density at radius 1 is 1.42 bits per heavy atom.